The highest BCUT2D eigenvalue weighted by molar-refractivity contribution is 5.94. The molecule has 0 saturated carbocycles. The summed E-state index contributed by atoms with van der Waals surface area (Å²) in [5, 5.41) is 0. The van der Waals surface area contributed by atoms with Gasteiger partial charge >= 0.3 is 0 Å². The molecule has 3 nitrogen and oxygen atoms in total. The lowest BCUT2D eigenvalue weighted by Gasteiger charge is -2.00. The van der Waals surface area contributed by atoms with Crippen molar-refractivity contribution in [3.05, 3.63) is 66.8 Å². The lowest BCUT2D eigenvalue weighted by atomic mass is 10.1. The van der Waals surface area contributed by atoms with Gasteiger partial charge in [-0.15, -0.1) is 0 Å². The molecule has 0 N–H and O–H groups in total. The second-order valence-corrected chi connectivity index (χ2v) is 4.18. The highest BCUT2D eigenvalue weighted by atomic mass is 16.1. The lowest BCUT2D eigenvalue weighted by Crippen LogP contribution is -2.37. The number of carbonyl (C=O) groups excluding carboxylic acids is 1. The average molecular weight is 239 g/mol. The van der Waals surface area contributed by atoms with E-state index in [0.717, 1.165) is 16.8 Å². The van der Waals surface area contributed by atoms with Gasteiger partial charge in [0, 0.05) is 5.56 Å². The summed E-state index contributed by atoms with van der Waals surface area (Å²) < 4.78 is 1.83. The summed E-state index contributed by atoms with van der Waals surface area (Å²) in [7, 11) is 0. The molecule has 0 aliphatic heterocycles. The molecule has 0 spiro atoms. The number of carbonyl (C=O) groups is 1. The molecule has 0 saturated heterocycles. The molecular weight excluding hydrogens is 224 g/mol. The first-order valence-corrected chi connectivity index (χ1v) is 5.76. The predicted octanol–water partition coefficient (Wildman–Crippen LogP) is 2.29. The van der Waals surface area contributed by atoms with Crippen LogP contribution >= 0.6 is 0 Å². The van der Waals surface area contributed by atoms with E-state index in [0.29, 0.717) is 6.54 Å². The Morgan fingerprint density at radius 2 is 2.06 bits per heavy atom. The largest absolute Gasteiger partial charge is 0.287 e. The number of aromatic nitrogens is 2. The van der Waals surface area contributed by atoms with Crippen LogP contribution in [0, 0.1) is 0 Å². The van der Waals surface area contributed by atoms with Crippen LogP contribution in [0.2, 0.25) is 0 Å². The summed E-state index contributed by atoms with van der Waals surface area (Å²) >= 11 is 0. The van der Waals surface area contributed by atoms with Gasteiger partial charge in [0.1, 0.15) is 5.69 Å². The van der Waals surface area contributed by atoms with Crippen LogP contribution in [0.1, 0.15) is 23.0 Å². The highest BCUT2D eigenvalue weighted by Crippen LogP contribution is 2.04. The van der Waals surface area contributed by atoms with E-state index in [9.17, 15) is 4.79 Å². The van der Waals surface area contributed by atoms with Crippen molar-refractivity contribution in [2.24, 2.45) is 0 Å². The normalized spacial score (nSPS) is 10.1. The van der Waals surface area contributed by atoms with Crippen LogP contribution in [0.3, 0.4) is 0 Å². The van der Waals surface area contributed by atoms with Crippen LogP contribution in [0.5, 0.6) is 0 Å². The molecule has 1 heterocycles. The third-order valence-corrected chi connectivity index (χ3v) is 2.62. The number of hydrogen-bond acceptors (Lipinski definition) is 2. The molecule has 0 radical (unpaired) electrons. The second kappa shape index (κ2) is 5.36. The molecule has 18 heavy (non-hydrogen) atoms. The lowest BCUT2D eigenvalue weighted by molar-refractivity contribution is -0.683. The monoisotopic (exact) mass is 239 g/mol. The van der Waals surface area contributed by atoms with Crippen molar-refractivity contribution in [3.63, 3.8) is 0 Å². The molecular formula is C15H15N2O+. The zero-order chi connectivity index (χ0) is 13.0. The average Bonchev–Trinajstić information content (AvgIpc) is 2.40. The number of benzene rings is 1. The second-order valence-electron chi connectivity index (χ2n) is 4.18. The van der Waals surface area contributed by atoms with Crippen molar-refractivity contribution in [1.29, 1.82) is 0 Å². The molecule has 0 bridgehead atoms. The molecule has 3 heteroatoms. The maximum Gasteiger partial charge on any atom is 0.227 e. The molecule has 2 aromatic rings. The van der Waals surface area contributed by atoms with Crippen molar-refractivity contribution < 1.29 is 9.36 Å². The maximum atomic E-state index is 12.0. The molecule has 0 amide bonds. The third kappa shape index (κ3) is 2.88. The van der Waals surface area contributed by atoms with E-state index in [-0.39, 0.29) is 5.78 Å². The number of hydrogen-bond donors (Lipinski definition) is 0. The Morgan fingerprint density at radius 3 is 2.72 bits per heavy atom. The SMILES string of the molecule is C=C(C)c1c[n+](CC(=O)c2ccccc2)ccn1. The van der Waals surface area contributed by atoms with Crippen LogP contribution in [-0.4, -0.2) is 10.8 Å². The van der Waals surface area contributed by atoms with Crippen molar-refractivity contribution >= 4 is 11.4 Å². The molecule has 1 aromatic carbocycles. The fourth-order valence-corrected chi connectivity index (χ4v) is 1.63. The van der Waals surface area contributed by atoms with Crippen molar-refractivity contribution in [2.45, 2.75) is 13.5 Å². The van der Waals surface area contributed by atoms with E-state index in [2.05, 4.69) is 11.6 Å². The summed E-state index contributed by atoms with van der Waals surface area (Å²) in [5.74, 6) is 0.0828. The van der Waals surface area contributed by atoms with Crippen molar-refractivity contribution in [1.82, 2.24) is 4.98 Å². The molecule has 0 fully saturated rings. The summed E-state index contributed by atoms with van der Waals surface area (Å²) in [6.45, 7) is 6.05. The topological polar surface area (TPSA) is 33.8 Å². The van der Waals surface area contributed by atoms with Crippen LogP contribution in [0.25, 0.3) is 5.57 Å². The van der Waals surface area contributed by atoms with E-state index in [1.807, 2.05) is 48.0 Å². The van der Waals surface area contributed by atoms with Crippen molar-refractivity contribution in [3.8, 4) is 0 Å². The Balaban J connectivity index is 2.17. The Bertz CT molecular complexity index is 576. The Labute approximate surface area is 106 Å². The number of rotatable bonds is 4. The number of ketones is 1. The standard InChI is InChI=1S/C15H15N2O/c1-12(2)14-10-17(9-8-16-14)11-15(18)13-6-4-3-5-7-13/h3-10H,1,11H2,2H3/q+1. The third-order valence-electron chi connectivity index (χ3n) is 2.62. The van der Waals surface area contributed by atoms with Gasteiger partial charge in [0.2, 0.25) is 12.3 Å². The summed E-state index contributed by atoms with van der Waals surface area (Å²) in [6, 6.07) is 9.27. The predicted molar refractivity (Wildman–Crippen MR) is 69.9 cm³/mol. The number of allylic oxidation sites excluding steroid dienone is 1. The fourth-order valence-electron chi connectivity index (χ4n) is 1.63. The van der Waals surface area contributed by atoms with Crippen LogP contribution in [0.15, 0.2) is 55.5 Å². The zero-order valence-electron chi connectivity index (χ0n) is 10.3. The van der Waals surface area contributed by atoms with E-state index in [4.69, 9.17) is 0 Å². The van der Waals surface area contributed by atoms with Gasteiger partial charge < -0.3 is 0 Å². The first-order chi connectivity index (χ1) is 8.66. The van der Waals surface area contributed by atoms with Gasteiger partial charge in [-0.25, -0.2) is 4.98 Å². The molecule has 90 valence electrons. The van der Waals surface area contributed by atoms with Gasteiger partial charge in [-0.3, -0.25) is 4.79 Å². The van der Waals surface area contributed by atoms with E-state index >= 15 is 0 Å². The quantitative estimate of drug-likeness (QED) is 0.606. The van der Waals surface area contributed by atoms with E-state index in [1.54, 1.807) is 12.4 Å². The first-order valence-electron chi connectivity index (χ1n) is 5.76. The minimum absolute atomic E-state index is 0.0828. The maximum absolute atomic E-state index is 12.0. The minimum atomic E-state index is 0.0828. The fraction of sp³-hybridized carbons (Fsp3) is 0.133. The number of Topliss-reactive ketones (excluding diaryl/α,β-unsaturated/α-hetero) is 1. The van der Waals surface area contributed by atoms with Crippen LogP contribution in [0.4, 0.5) is 0 Å². The summed E-state index contributed by atoms with van der Waals surface area (Å²) in [4.78, 5) is 16.2. The molecule has 0 unspecified atom stereocenters. The number of nitrogens with zero attached hydrogens (tertiary/aromatic N) is 2. The van der Waals surface area contributed by atoms with Gasteiger partial charge in [-0.1, -0.05) is 36.9 Å². The Morgan fingerprint density at radius 1 is 1.33 bits per heavy atom. The van der Waals surface area contributed by atoms with E-state index in [1.165, 1.54) is 0 Å². The molecule has 0 aliphatic rings. The van der Waals surface area contributed by atoms with Gasteiger partial charge in [0.25, 0.3) is 0 Å². The van der Waals surface area contributed by atoms with Crippen molar-refractivity contribution in [2.75, 3.05) is 0 Å². The van der Waals surface area contributed by atoms with Crippen LogP contribution < -0.4 is 4.57 Å². The van der Waals surface area contributed by atoms with Gasteiger partial charge in [0.05, 0.1) is 6.20 Å². The van der Waals surface area contributed by atoms with E-state index < -0.39 is 0 Å². The van der Waals surface area contributed by atoms with Gasteiger partial charge in [-0.05, 0) is 12.5 Å². The summed E-state index contributed by atoms with van der Waals surface area (Å²) in [6.07, 6.45) is 5.30. The first kappa shape index (κ1) is 12.2. The smallest absolute Gasteiger partial charge is 0.227 e. The van der Waals surface area contributed by atoms with Gasteiger partial charge in [0.15, 0.2) is 12.4 Å². The van der Waals surface area contributed by atoms with Crippen LogP contribution in [-0.2, 0) is 6.54 Å². The molecule has 0 aliphatic carbocycles. The minimum Gasteiger partial charge on any atom is -0.287 e. The zero-order valence-corrected chi connectivity index (χ0v) is 10.3. The molecule has 2 rings (SSSR count). The molecule has 1 aromatic heterocycles. The Kier molecular flexibility index (Phi) is 3.63. The highest BCUT2D eigenvalue weighted by Gasteiger charge is 2.12. The van der Waals surface area contributed by atoms with Gasteiger partial charge in [-0.2, -0.15) is 4.57 Å². The summed E-state index contributed by atoms with van der Waals surface area (Å²) in [5.41, 5.74) is 2.41. The molecule has 0 atom stereocenters. The Hall–Kier alpha value is -2.29.